The van der Waals surface area contributed by atoms with Gasteiger partial charge in [0.2, 0.25) is 5.91 Å². The van der Waals surface area contributed by atoms with E-state index in [1.165, 1.54) is 0 Å². The molecule has 1 fully saturated rings. The fourth-order valence-electron chi connectivity index (χ4n) is 2.93. The first kappa shape index (κ1) is 16.5. The lowest BCUT2D eigenvalue weighted by atomic mass is 10.1. The Hall–Kier alpha value is -2.32. The topological polar surface area (TPSA) is 56.1 Å². The summed E-state index contributed by atoms with van der Waals surface area (Å²) in [5, 5.41) is 12.3. The summed E-state index contributed by atoms with van der Waals surface area (Å²) >= 11 is 3.43. The summed E-state index contributed by atoms with van der Waals surface area (Å²) in [6, 6.07) is 16.9. The van der Waals surface area contributed by atoms with E-state index < -0.39 is 0 Å². The lowest BCUT2D eigenvalue weighted by Gasteiger charge is -2.25. The van der Waals surface area contributed by atoms with Gasteiger partial charge < -0.3 is 10.2 Å². The van der Waals surface area contributed by atoms with Crippen LogP contribution in [0.5, 0.6) is 0 Å². The average molecular weight is 384 g/mol. The maximum atomic E-state index is 13.0. The molecule has 122 valence electrons. The normalized spacial score (nSPS) is 17.9. The van der Waals surface area contributed by atoms with Crippen molar-refractivity contribution in [2.24, 2.45) is 0 Å². The molecule has 4 nitrogen and oxygen atoms in total. The lowest BCUT2D eigenvalue weighted by molar-refractivity contribution is -0.119. The molecule has 1 atom stereocenters. The zero-order chi connectivity index (χ0) is 16.9. The van der Waals surface area contributed by atoms with Crippen molar-refractivity contribution in [1.29, 1.82) is 5.26 Å². The first-order valence-electron chi connectivity index (χ1n) is 8.01. The third kappa shape index (κ3) is 3.77. The molecule has 2 aromatic carbocycles. The zero-order valence-electron chi connectivity index (χ0n) is 13.2. The minimum absolute atomic E-state index is 0.0807. The van der Waals surface area contributed by atoms with Crippen molar-refractivity contribution < 1.29 is 4.79 Å². The summed E-state index contributed by atoms with van der Waals surface area (Å²) in [7, 11) is 0. The van der Waals surface area contributed by atoms with Gasteiger partial charge in [0.05, 0.1) is 11.6 Å². The molecule has 5 heteroatoms. The first-order valence-corrected chi connectivity index (χ1v) is 8.80. The van der Waals surface area contributed by atoms with Gasteiger partial charge in [-0.25, -0.2) is 0 Å². The highest BCUT2D eigenvalue weighted by Crippen LogP contribution is 2.24. The van der Waals surface area contributed by atoms with E-state index >= 15 is 0 Å². The van der Waals surface area contributed by atoms with Gasteiger partial charge in [-0.15, -0.1) is 0 Å². The average Bonchev–Trinajstić information content (AvgIpc) is 2.78. The molecule has 1 N–H and O–H groups in total. The van der Waals surface area contributed by atoms with Crippen LogP contribution in [0.2, 0.25) is 0 Å². The third-order valence-electron chi connectivity index (χ3n) is 4.16. The molecule has 0 aromatic heterocycles. The number of rotatable bonds is 3. The Morgan fingerprint density at radius 3 is 2.71 bits per heavy atom. The summed E-state index contributed by atoms with van der Waals surface area (Å²) in [5.41, 5.74) is 2.32. The Labute approximate surface area is 150 Å². The standard InChI is InChI=1S/C19H18BrN3O/c20-15-7-9-17(10-8-15)23-11-2-1-6-18(19(23)24)22-16-5-3-4-14(12-16)13-21/h3-5,7-10,12,18,22H,1-2,6,11H2. The van der Waals surface area contributed by atoms with Crippen molar-refractivity contribution in [3.05, 3.63) is 58.6 Å². The summed E-state index contributed by atoms with van der Waals surface area (Å²) in [5.74, 6) is 0.0807. The van der Waals surface area contributed by atoms with E-state index in [9.17, 15) is 4.79 Å². The molecule has 0 saturated carbocycles. The van der Waals surface area contributed by atoms with Crippen LogP contribution in [-0.4, -0.2) is 18.5 Å². The molecule has 1 amide bonds. The maximum absolute atomic E-state index is 13.0. The van der Waals surface area contributed by atoms with Crippen LogP contribution >= 0.6 is 15.9 Å². The monoisotopic (exact) mass is 383 g/mol. The van der Waals surface area contributed by atoms with Crippen molar-refractivity contribution in [3.63, 3.8) is 0 Å². The van der Waals surface area contributed by atoms with Gasteiger partial charge in [-0.2, -0.15) is 5.26 Å². The lowest BCUT2D eigenvalue weighted by Crippen LogP contribution is -2.41. The van der Waals surface area contributed by atoms with Crippen molar-refractivity contribution in [2.45, 2.75) is 25.3 Å². The Balaban J connectivity index is 1.81. The van der Waals surface area contributed by atoms with Gasteiger partial charge in [0.25, 0.3) is 0 Å². The summed E-state index contributed by atoms with van der Waals surface area (Å²) in [6.07, 6.45) is 2.77. The second-order valence-electron chi connectivity index (χ2n) is 5.85. The van der Waals surface area contributed by atoms with Crippen LogP contribution in [-0.2, 0) is 4.79 Å². The van der Waals surface area contributed by atoms with E-state index in [4.69, 9.17) is 5.26 Å². The first-order chi connectivity index (χ1) is 11.7. The van der Waals surface area contributed by atoms with Crippen LogP contribution in [0, 0.1) is 11.3 Å². The van der Waals surface area contributed by atoms with Gasteiger partial charge in [0.1, 0.15) is 6.04 Å². The molecule has 1 unspecified atom stereocenters. The molecule has 1 aliphatic rings. The van der Waals surface area contributed by atoms with E-state index in [1.807, 2.05) is 41.3 Å². The van der Waals surface area contributed by atoms with Crippen LogP contribution in [0.3, 0.4) is 0 Å². The number of amides is 1. The predicted octanol–water partition coefficient (Wildman–Crippen LogP) is 4.32. The molecule has 1 heterocycles. The summed E-state index contributed by atoms with van der Waals surface area (Å²) in [4.78, 5) is 14.8. The van der Waals surface area contributed by atoms with Crippen LogP contribution in [0.1, 0.15) is 24.8 Å². The summed E-state index contributed by atoms with van der Waals surface area (Å²) in [6.45, 7) is 0.733. The van der Waals surface area contributed by atoms with E-state index in [-0.39, 0.29) is 11.9 Å². The predicted molar refractivity (Wildman–Crippen MR) is 98.9 cm³/mol. The van der Waals surface area contributed by atoms with E-state index in [2.05, 4.69) is 27.3 Å². The number of nitrogens with one attached hydrogen (secondary N) is 1. The smallest absolute Gasteiger partial charge is 0.249 e. The fraction of sp³-hybridized carbons (Fsp3) is 0.263. The van der Waals surface area contributed by atoms with Crippen LogP contribution in [0.25, 0.3) is 0 Å². The van der Waals surface area contributed by atoms with Gasteiger partial charge in [-0.1, -0.05) is 22.0 Å². The van der Waals surface area contributed by atoms with Gasteiger partial charge in [0, 0.05) is 22.4 Å². The number of halogens is 1. The largest absolute Gasteiger partial charge is 0.374 e. The third-order valence-corrected chi connectivity index (χ3v) is 4.69. The molecule has 0 bridgehead atoms. The fourth-order valence-corrected chi connectivity index (χ4v) is 3.20. The molecule has 3 rings (SSSR count). The molecular formula is C19H18BrN3O. The second-order valence-corrected chi connectivity index (χ2v) is 6.77. The number of nitrogens with zero attached hydrogens (tertiary/aromatic N) is 2. The van der Waals surface area contributed by atoms with Crippen molar-refractivity contribution in [3.8, 4) is 6.07 Å². The molecule has 1 saturated heterocycles. The number of carbonyl (C=O) groups is 1. The van der Waals surface area contributed by atoms with E-state index in [0.717, 1.165) is 41.7 Å². The van der Waals surface area contributed by atoms with Gasteiger partial charge in [-0.3, -0.25) is 4.79 Å². The Bertz CT molecular complexity index is 767. The minimum atomic E-state index is -0.273. The number of carbonyl (C=O) groups excluding carboxylic acids is 1. The van der Waals surface area contributed by atoms with Crippen molar-refractivity contribution in [2.75, 3.05) is 16.8 Å². The highest BCUT2D eigenvalue weighted by molar-refractivity contribution is 9.10. The molecular weight excluding hydrogens is 366 g/mol. The Morgan fingerprint density at radius 1 is 1.17 bits per heavy atom. The number of hydrogen-bond acceptors (Lipinski definition) is 3. The summed E-state index contributed by atoms with van der Waals surface area (Å²) < 4.78 is 0.997. The Kier molecular flexibility index (Phi) is 5.17. The molecule has 24 heavy (non-hydrogen) atoms. The highest BCUT2D eigenvalue weighted by Gasteiger charge is 2.27. The Morgan fingerprint density at radius 2 is 1.96 bits per heavy atom. The van der Waals surface area contributed by atoms with Crippen molar-refractivity contribution in [1.82, 2.24) is 0 Å². The number of benzene rings is 2. The van der Waals surface area contributed by atoms with Crippen LogP contribution in [0.4, 0.5) is 11.4 Å². The van der Waals surface area contributed by atoms with E-state index in [0.29, 0.717) is 5.56 Å². The zero-order valence-corrected chi connectivity index (χ0v) is 14.8. The molecule has 0 radical (unpaired) electrons. The second kappa shape index (κ2) is 7.50. The minimum Gasteiger partial charge on any atom is -0.374 e. The van der Waals surface area contributed by atoms with Gasteiger partial charge in [0.15, 0.2) is 0 Å². The van der Waals surface area contributed by atoms with Gasteiger partial charge in [-0.05, 0) is 61.7 Å². The molecule has 1 aliphatic heterocycles. The quantitative estimate of drug-likeness (QED) is 0.858. The van der Waals surface area contributed by atoms with Crippen LogP contribution in [0.15, 0.2) is 53.0 Å². The maximum Gasteiger partial charge on any atom is 0.249 e. The van der Waals surface area contributed by atoms with Crippen LogP contribution < -0.4 is 10.2 Å². The number of nitriles is 1. The SMILES string of the molecule is N#Cc1cccc(NC2CCCCN(c3ccc(Br)cc3)C2=O)c1. The number of hydrogen-bond donors (Lipinski definition) is 1. The van der Waals surface area contributed by atoms with E-state index in [1.54, 1.807) is 12.1 Å². The number of anilines is 2. The molecule has 0 aliphatic carbocycles. The van der Waals surface area contributed by atoms with Gasteiger partial charge >= 0.3 is 0 Å². The van der Waals surface area contributed by atoms with Crippen molar-refractivity contribution >= 4 is 33.2 Å². The highest BCUT2D eigenvalue weighted by atomic mass is 79.9. The molecule has 0 spiro atoms. The molecule has 2 aromatic rings.